The lowest BCUT2D eigenvalue weighted by molar-refractivity contribution is 0.553. The summed E-state index contributed by atoms with van der Waals surface area (Å²) >= 11 is 0. The van der Waals surface area contributed by atoms with Gasteiger partial charge in [-0.2, -0.15) is 0 Å². The molecule has 1 heterocycles. The molecular weight excluding hydrogens is 348 g/mol. The molecule has 0 saturated carbocycles. The van der Waals surface area contributed by atoms with Gasteiger partial charge < -0.3 is 4.57 Å². The first-order chi connectivity index (χ1) is 11.8. The van der Waals surface area contributed by atoms with E-state index in [9.17, 15) is 17.2 Å². The molecule has 25 heavy (non-hydrogen) atoms. The van der Waals surface area contributed by atoms with E-state index in [4.69, 9.17) is 0 Å². The molecule has 0 radical (unpaired) electrons. The van der Waals surface area contributed by atoms with Gasteiger partial charge in [-0.25, -0.2) is 26.9 Å². The van der Waals surface area contributed by atoms with Crippen LogP contribution in [0.15, 0.2) is 66.1 Å². The molecule has 1 atom stereocenters. The lowest BCUT2D eigenvalue weighted by Crippen LogP contribution is -2.27. The molecule has 0 aliphatic carbocycles. The maximum absolute atomic E-state index is 13.3. The quantitative estimate of drug-likeness (QED) is 0.757. The zero-order valence-electron chi connectivity index (χ0n) is 13.2. The summed E-state index contributed by atoms with van der Waals surface area (Å²) in [4.78, 5) is 3.51. The lowest BCUT2D eigenvalue weighted by atomic mass is 10.1. The van der Waals surface area contributed by atoms with Crippen molar-refractivity contribution in [3.05, 3.63) is 78.4 Å². The summed E-state index contributed by atoms with van der Waals surface area (Å²) in [6, 6.07) is 8.79. The van der Waals surface area contributed by atoms with Gasteiger partial charge in [0.1, 0.15) is 11.6 Å². The first-order valence-corrected chi connectivity index (χ1v) is 8.90. The van der Waals surface area contributed by atoms with Crippen molar-refractivity contribution >= 4 is 10.0 Å². The molecule has 0 spiro atoms. The van der Waals surface area contributed by atoms with E-state index in [1.165, 1.54) is 0 Å². The predicted octanol–water partition coefficient (Wildman–Crippen LogP) is 3.19. The molecule has 8 heteroatoms. The van der Waals surface area contributed by atoms with Crippen LogP contribution in [-0.4, -0.2) is 18.0 Å². The van der Waals surface area contributed by atoms with E-state index < -0.39 is 32.6 Å². The van der Waals surface area contributed by atoms with Crippen molar-refractivity contribution in [3.63, 3.8) is 0 Å². The molecule has 1 aromatic heterocycles. The van der Waals surface area contributed by atoms with Gasteiger partial charge in [-0.15, -0.1) is 0 Å². The molecule has 0 saturated heterocycles. The molecule has 0 bridgehead atoms. The van der Waals surface area contributed by atoms with Crippen LogP contribution in [0.5, 0.6) is 0 Å². The number of aromatic nitrogens is 2. The highest BCUT2D eigenvalue weighted by molar-refractivity contribution is 7.89. The summed E-state index contributed by atoms with van der Waals surface area (Å²) < 4.78 is 55.4. The standard InChI is InChI=1S/C17H15F2N3O2S/c1-12(13-2-4-16(5-3-13)22-7-6-20-11-22)21-25(23,24)17-9-14(18)8-15(19)10-17/h2-12,21H,1H3/t12-/m1/s1. The fourth-order valence-electron chi connectivity index (χ4n) is 2.40. The van der Waals surface area contributed by atoms with Crippen LogP contribution >= 0.6 is 0 Å². The maximum Gasteiger partial charge on any atom is 0.241 e. The summed E-state index contributed by atoms with van der Waals surface area (Å²) in [6.07, 6.45) is 5.10. The van der Waals surface area contributed by atoms with Gasteiger partial charge in [0.05, 0.1) is 11.2 Å². The van der Waals surface area contributed by atoms with Crippen molar-refractivity contribution in [2.45, 2.75) is 17.9 Å². The Balaban J connectivity index is 1.80. The summed E-state index contributed by atoms with van der Waals surface area (Å²) in [6.45, 7) is 1.65. The first kappa shape index (κ1) is 17.2. The number of nitrogens with zero attached hydrogens (tertiary/aromatic N) is 2. The Kier molecular flexibility index (Phi) is 4.65. The number of halogens is 2. The third-order valence-electron chi connectivity index (χ3n) is 3.67. The average Bonchev–Trinajstić information content (AvgIpc) is 3.08. The van der Waals surface area contributed by atoms with Crippen LogP contribution in [0.3, 0.4) is 0 Å². The van der Waals surface area contributed by atoms with Crippen molar-refractivity contribution in [2.24, 2.45) is 0 Å². The minimum Gasteiger partial charge on any atom is -0.306 e. The lowest BCUT2D eigenvalue weighted by Gasteiger charge is -2.15. The van der Waals surface area contributed by atoms with Gasteiger partial charge in [-0.1, -0.05) is 12.1 Å². The van der Waals surface area contributed by atoms with Crippen molar-refractivity contribution < 1.29 is 17.2 Å². The van der Waals surface area contributed by atoms with Crippen molar-refractivity contribution in [1.82, 2.24) is 14.3 Å². The van der Waals surface area contributed by atoms with Crippen LogP contribution < -0.4 is 4.72 Å². The molecule has 130 valence electrons. The molecular formula is C17H15F2N3O2S. The van der Waals surface area contributed by atoms with Crippen LogP contribution in [0.1, 0.15) is 18.5 Å². The highest BCUT2D eigenvalue weighted by atomic mass is 32.2. The molecule has 2 aromatic carbocycles. The summed E-state index contributed by atoms with van der Waals surface area (Å²) in [5.41, 5.74) is 1.59. The summed E-state index contributed by atoms with van der Waals surface area (Å²) in [5.74, 6) is -1.89. The number of hydrogen-bond donors (Lipinski definition) is 1. The van der Waals surface area contributed by atoms with Crippen molar-refractivity contribution in [3.8, 4) is 5.69 Å². The zero-order valence-corrected chi connectivity index (χ0v) is 14.0. The van der Waals surface area contributed by atoms with E-state index in [0.717, 1.165) is 17.8 Å². The van der Waals surface area contributed by atoms with Gasteiger partial charge >= 0.3 is 0 Å². The Labute approximate surface area is 144 Å². The Morgan fingerprint density at radius 2 is 1.72 bits per heavy atom. The Bertz CT molecular complexity index is 951. The van der Waals surface area contributed by atoms with Gasteiger partial charge in [0.2, 0.25) is 10.0 Å². The monoisotopic (exact) mass is 363 g/mol. The number of imidazole rings is 1. The van der Waals surface area contributed by atoms with Gasteiger partial charge in [0, 0.05) is 30.2 Å². The van der Waals surface area contributed by atoms with Crippen LogP contribution in [0.25, 0.3) is 5.69 Å². The highest BCUT2D eigenvalue weighted by Gasteiger charge is 2.20. The number of sulfonamides is 1. The van der Waals surface area contributed by atoms with E-state index in [0.29, 0.717) is 11.6 Å². The van der Waals surface area contributed by atoms with Crippen LogP contribution in [-0.2, 0) is 10.0 Å². The van der Waals surface area contributed by atoms with E-state index in [1.54, 1.807) is 37.8 Å². The van der Waals surface area contributed by atoms with E-state index in [2.05, 4.69) is 9.71 Å². The molecule has 0 amide bonds. The van der Waals surface area contributed by atoms with Crippen LogP contribution in [0.2, 0.25) is 0 Å². The molecule has 5 nitrogen and oxygen atoms in total. The van der Waals surface area contributed by atoms with Gasteiger partial charge in [-0.05, 0) is 36.8 Å². The van der Waals surface area contributed by atoms with Crippen molar-refractivity contribution in [2.75, 3.05) is 0 Å². The minimum atomic E-state index is -4.05. The predicted molar refractivity (Wildman–Crippen MR) is 88.7 cm³/mol. The third-order valence-corrected chi connectivity index (χ3v) is 5.19. The van der Waals surface area contributed by atoms with Crippen molar-refractivity contribution in [1.29, 1.82) is 0 Å². The first-order valence-electron chi connectivity index (χ1n) is 7.42. The van der Waals surface area contributed by atoms with E-state index in [1.807, 2.05) is 16.7 Å². The van der Waals surface area contributed by atoms with Crippen LogP contribution in [0.4, 0.5) is 8.78 Å². The fraction of sp³-hybridized carbons (Fsp3) is 0.118. The second kappa shape index (κ2) is 6.73. The number of benzene rings is 2. The fourth-order valence-corrected chi connectivity index (χ4v) is 3.67. The Hall–Kier alpha value is -2.58. The number of rotatable bonds is 5. The molecule has 0 fully saturated rings. The molecule has 0 aliphatic rings. The third kappa shape index (κ3) is 3.92. The summed E-state index contributed by atoms with van der Waals surface area (Å²) in [7, 11) is -4.05. The number of hydrogen-bond acceptors (Lipinski definition) is 3. The molecule has 1 N–H and O–H groups in total. The second-order valence-corrected chi connectivity index (χ2v) is 7.22. The largest absolute Gasteiger partial charge is 0.306 e. The summed E-state index contributed by atoms with van der Waals surface area (Å²) in [5, 5.41) is 0. The smallest absolute Gasteiger partial charge is 0.241 e. The zero-order chi connectivity index (χ0) is 18.0. The maximum atomic E-state index is 13.3. The SMILES string of the molecule is C[C@@H](NS(=O)(=O)c1cc(F)cc(F)c1)c1ccc(-n2ccnc2)cc1. The topological polar surface area (TPSA) is 64.0 Å². The number of nitrogens with one attached hydrogen (secondary N) is 1. The molecule has 3 rings (SSSR count). The highest BCUT2D eigenvalue weighted by Crippen LogP contribution is 2.20. The van der Waals surface area contributed by atoms with E-state index >= 15 is 0 Å². The second-order valence-electron chi connectivity index (χ2n) is 5.51. The van der Waals surface area contributed by atoms with Gasteiger partial charge in [0.25, 0.3) is 0 Å². The molecule has 0 aliphatic heterocycles. The minimum absolute atomic E-state index is 0.452. The molecule has 0 unspecified atom stereocenters. The van der Waals surface area contributed by atoms with E-state index in [-0.39, 0.29) is 0 Å². The van der Waals surface area contributed by atoms with Gasteiger partial charge in [0.15, 0.2) is 0 Å². The average molecular weight is 363 g/mol. The molecule has 3 aromatic rings. The van der Waals surface area contributed by atoms with Crippen LogP contribution in [0, 0.1) is 11.6 Å². The van der Waals surface area contributed by atoms with Gasteiger partial charge in [-0.3, -0.25) is 0 Å². The Morgan fingerprint density at radius 1 is 1.08 bits per heavy atom. The Morgan fingerprint density at radius 3 is 2.28 bits per heavy atom. The normalized spacial score (nSPS) is 12.9.